The molecule has 0 aliphatic heterocycles. The Balaban J connectivity index is 1.52. The van der Waals surface area contributed by atoms with Crippen molar-refractivity contribution in [3.05, 3.63) is 29.8 Å². The van der Waals surface area contributed by atoms with Gasteiger partial charge in [-0.2, -0.15) is 0 Å². The molecule has 0 spiro atoms. The Morgan fingerprint density at radius 2 is 1.80 bits per heavy atom. The van der Waals surface area contributed by atoms with Gasteiger partial charge in [0.1, 0.15) is 0 Å². The standard InChI is InChI=1S/C16H19FN2O/c17-14-8-18-2-1-13(14)16(20)19-15-11-4-9-3-10(6-11)7-12(15)5-9/h1-2,8-12,15H,3-7H2,(H,19,20). The first kappa shape index (κ1) is 12.3. The van der Waals surface area contributed by atoms with Gasteiger partial charge in [0.2, 0.25) is 0 Å². The van der Waals surface area contributed by atoms with Crippen LogP contribution in [0.1, 0.15) is 42.5 Å². The molecular weight excluding hydrogens is 255 g/mol. The van der Waals surface area contributed by atoms with Crippen molar-refractivity contribution in [3.63, 3.8) is 0 Å². The topological polar surface area (TPSA) is 42.0 Å². The molecule has 4 heteroatoms. The highest BCUT2D eigenvalue weighted by Gasteiger charge is 2.48. The summed E-state index contributed by atoms with van der Waals surface area (Å²) in [5.41, 5.74) is 0.119. The SMILES string of the molecule is O=C(NC1C2CC3CC(C2)CC1C3)c1ccncc1F. The van der Waals surface area contributed by atoms with Crippen LogP contribution in [0.25, 0.3) is 0 Å². The maximum atomic E-state index is 13.6. The number of nitrogens with zero attached hydrogens (tertiary/aromatic N) is 1. The Morgan fingerprint density at radius 3 is 2.40 bits per heavy atom. The van der Waals surface area contributed by atoms with E-state index in [2.05, 4.69) is 10.3 Å². The third-order valence-corrected chi connectivity index (χ3v) is 5.54. The number of carbonyl (C=O) groups is 1. The molecule has 4 fully saturated rings. The van der Waals surface area contributed by atoms with Crippen molar-refractivity contribution < 1.29 is 9.18 Å². The number of carbonyl (C=O) groups excluding carboxylic acids is 1. The third-order valence-electron chi connectivity index (χ3n) is 5.54. The summed E-state index contributed by atoms with van der Waals surface area (Å²) in [6, 6.07) is 1.71. The summed E-state index contributed by atoms with van der Waals surface area (Å²) >= 11 is 0. The van der Waals surface area contributed by atoms with Gasteiger partial charge in [0.05, 0.1) is 11.8 Å². The van der Waals surface area contributed by atoms with E-state index in [4.69, 9.17) is 0 Å². The lowest BCUT2D eigenvalue weighted by Crippen LogP contribution is -2.55. The average Bonchev–Trinajstić information content (AvgIpc) is 2.42. The van der Waals surface area contributed by atoms with Crippen LogP contribution in [0.5, 0.6) is 0 Å². The lowest BCUT2D eigenvalue weighted by atomic mass is 9.54. The number of nitrogens with one attached hydrogen (secondary N) is 1. The van der Waals surface area contributed by atoms with Crippen molar-refractivity contribution in [2.24, 2.45) is 23.7 Å². The Hall–Kier alpha value is -1.45. The fraction of sp³-hybridized carbons (Fsp3) is 0.625. The van der Waals surface area contributed by atoms with E-state index in [1.54, 1.807) is 0 Å². The second-order valence-corrected chi connectivity index (χ2v) is 6.79. The Labute approximate surface area is 118 Å². The van der Waals surface area contributed by atoms with Crippen molar-refractivity contribution in [1.29, 1.82) is 0 Å². The maximum absolute atomic E-state index is 13.6. The minimum absolute atomic E-state index is 0.119. The first-order chi connectivity index (χ1) is 9.70. The van der Waals surface area contributed by atoms with Gasteiger partial charge in [0.25, 0.3) is 5.91 Å². The van der Waals surface area contributed by atoms with E-state index < -0.39 is 5.82 Å². The molecule has 0 atom stereocenters. The molecule has 4 saturated carbocycles. The summed E-state index contributed by atoms with van der Waals surface area (Å²) in [5, 5.41) is 3.11. The monoisotopic (exact) mass is 274 g/mol. The zero-order valence-corrected chi connectivity index (χ0v) is 11.4. The normalized spacial score (nSPS) is 38.0. The molecule has 1 aromatic rings. The quantitative estimate of drug-likeness (QED) is 0.901. The van der Waals surface area contributed by atoms with Crippen molar-refractivity contribution >= 4 is 5.91 Å². The molecule has 4 aliphatic carbocycles. The fourth-order valence-corrected chi connectivity index (χ4v) is 4.95. The van der Waals surface area contributed by atoms with Gasteiger partial charge in [-0.1, -0.05) is 0 Å². The lowest BCUT2D eigenvalue weighted by molar-refractivity contribution is -0.0120. The first-order valence-corrected chi connectivity index (χ1v) is 7.61. The van der Waals surface area contributed by atoms with E-state index in [-0.39, 0.29) is 17.5 Å². The van der Waals surface area contributed by atoms with Gasteiger partial charge in [-0.3, -0.25) is 9.78 Å². The van der Waals surface area contributed by atoms with Crippen LogP contribution in [0.15, 0.2) is 18.5 Å². The number of pyridine rings is 1. The summed E-state index contributed by atoms with van der Waals surface area (Å²) in [6.07, 6.45) is 8.95. The van der Waals surface area contributed by atoms with Crippen molar-refractivity contribution in [3.8, 4) is 0 Å². The molecule has 1 amide bonds. The minimum Gasteiger partial charge on any atom is -0.349 e. The molecular formula is C16H19FN2O. The molecule has 1 aromatic heterocycles. The van der Waals surface area contributed by atoms with Gasteiger partial charge < -0.3 is 5.32 Å². The Kier molecular flexibility index (Phi) is 2.79. The van der Waals surface area contributed by atoms with Crippen LogP contribution in [-0.2, 0) is 0 Å². The van der Waals surface area contributed by atoms with E-state index in [9.17, 15) is 9.18 Å². The van der Waals surface area contributed by atoms with E-state index in [0.29, 0.717) is 11.8 Å². The minimum atomic E-state index is -0.534. The number of halogens is 1. The summed E-state index contributed by atoms with van der Waals surface area (Å²) in [5.74, 6) is 2.17. The predicted octanol–water partition coefficient (Wildman–Crippen LogP) is 2.78. The maximum Gasteiger partial charge on any atom is 0.254 e. The molecule has 20 heavy (non-hydrogen) atoms. The average molecular weight is 274 g/mol. The van der Waals surface area contributed by atoms with Crippen LogP contribution < -0.4 is 5.32 Å². The highest BCUT2D eigenvalue weighted by Crippen LogP contribution is 2.53. The van der Waals surface area contributed by atoms with Crippen LogP contribution >= 0.6 is 0 Å². The molecule has 1 heterocycles. The van der Waals surface area contributed by atoms with Gasteiger partial charge in [-0.15, -0.1) is 0 Å². The number of hydrogen-bond acceptors (Lipinski definition) is 2. The number of rotatable bonds is 2. The summed E-state index contributed by atoms with van der Waals surface area (Å²) < 4.78 is 13.6. The second kappa shape index (κ2) is 4.54. The van der Waals surface area contributed by atoms with E-state index >= 15 is 0 Å². The highest BCUT2D eigenvalue weighted by atomic mass is 19.1. The molecule has 106 valence electrons. The number of amides is 1. The molecule has 1 N–H and O–H groups in total. The van der Waals surface area contributed by atoms with E-state index in [0.717, 1.165) is 18.0 Å². The van der Waals surface area contributed by atoms with Gasteiger partial charge in [-0.05, 0) is 61.8 Å². The second-order valence-electron chi connectivity index (χ2n) is 6.79. The predicted molar refractivity (Wildman–Crippen MR) is 72.5 cm³/mol. The number of hydrogen-bond donors (Lipinski definition) is 1. The summed E-state index contributed by atoms with van der Waals surface area (Å²) in [6.45, 7) is 0. The molecule has 4 aliphatic rings. The molecule has 0 unspecified atom stereocenters. The fourth-order valence-electron chi connectivity index (χ4n) is 4.95. The van der Waals surface area contributed by atoms with Crippen LogP contribution in [0.4, 0.5) is 4.39 Å². The van der Waals surface area contributed by atoms with Gasteiger partial charge in [-0.25, -0.2) is 4.39 Å². The Morgan fingerprint density at radius 1 is 1.15 bits per heavy atom. The van der Waals surface area contributed by atoms with E-state index in [1.165, 1.54) is 44.4 Å². The molecule has 4 bridgehead atoms. The molecule has 3 nitrogen and oxygen atoms in total. The molecule has 0 radical (unpaired) electrons. The van der Waals surface area contributed by atoms with E-state index in [1.807, 2.05) is 0 Å². The lowest BCUT2D eigenvalue weighted by Gasteiger charge is -2.54. The van der Waals surface area contributed by atoms with Crippen molar-refractivity contribution in [2.75, 3.05) is 0 Å². The van der Waals surface area contributed by atoms with Gasteiger partial charge in [0.15, 0.2) is 5.82 Å². The molecule has 5 rings (SSSR count). The van der Waals surface area contributed by atoms with Crippen molar-refractivity contribution in [2.45, 2.75) is 38.1 Å². The highest BCUT2D eigenvalue weighted by molar-refractivity contribution is 5.94. The van der Waals surface area contributed by atoms with Crippen LogP contribution in [-0.4, -0.2) is 16.9 Å². The third kappa shape index (κ3) is 1.93. The molecule has 0 aromatic carbocycles. The largest absolute Gasteiger partial charge is 0.349 e. The Bertz CT molecular complexity index is 517. The zero-order chi connectivity index (χ0) is 13.7. The van der Waals surface area contributed by atoms with Crippen LogP contribution in [0.3, 0.4) is 0 Å². The first-order valence-electron chi connectivity index (χ1n) is 7.61. The molecule has 0 saturated heterocycles. The van der Waals surface area contributed by atoms with Crippen LogP contribution in [0.2, 0.25) is 0 Å². The zero-order valence-electron chi connectivity index (χ0n) is 11.4. The van der Waals surface area contributed by atoms with Gasteiger partial charge >= 0.3 is 0 Å². The smallest absolute Gasteiger partial charge is 0.254 e. The summed E-state index contributed by atoms with van der Waals surface area (Å²) in [7, 11) is 0. The van der Waals surface area contributed by atoms with Gasteiger partial charge in [0, 0.05) is 12.2 Å². The van der Waals surface area contributed by atoms with Crippen molar-refractivity contribution in [1.82, 2.24) is 10.3 Å². The van der Waals surface area contributed by atoms with Crippen LogP contribution in [0, 0.1) is 29.5 Å². The number of aromatic nitrogens is 1. The summed E-state index contributed by atoms with van der Waals surface area (Å²) in [4.78, 5) is 16.0.